The molecule has 0 aliphatic carbocycles. The summed E-state index contributed by atoms with van der Waals surface area (Å²) in [6, 6.07) is 4.84. The van der Waals surface area contributed by atoms with E-state index in [9.17, 15) is 9.18 Å². The molecule has 1 aromatic rings. The number of hydrogen-bond acceptors (Lipinski definition) is 3. The van der Waals surface area contributed by atoms with Crippen LogP contribution in [0.15, 0.2) is 18.2 Å². The molecule has 4 nitrogen and oxygen atoms in total. The third-order valence-electron chi connectivity index (χ3n) is 5.47. The van der Waals surface area contributed by atoms with Crippen molar-refractivity contribution in [3.05, 3.63) is 34.6 Å². The van der Waals surface area contributed by atoms with Crippen molar-refractivity contribution >= 4 is 17.5 Å². The molecular formula is C19H26ClFN2O2. The summed E-state index contributed by atoms with van der Waals surface area (Å²) < 4.78 is 18.8. The maximum Gasteiger partial charge on any atom is 0.226 e. The lowest BCUT2D eigenvalue weighted by Crippen LogP contribution is -2.49. The van der Waals surface area contributed by atoms with Crippen molar-refractivity contribution in [2.75, 3.05) is 39.4 Å². The fraction of sp³-hybridized carbons (Fsp3) is 0.632. The van der Waals surface area contributed by atoms with Crippen LogP contribution in [0, 0.1) is 11.7 Å². The molecule has 1 atom stereocenters. The molecule has 0 saturated carbocycles. The molecule has 2 fully saturated rings. The number of amides is 1. The summed E-state index contributed by atoms with van der Waals surface area (Å²) in [5, 5.41) is 0.334. The highest BCUT2D eigenvalue weighted by molar-refractivity contribution is 6.30. The smallest absolute Gasteiger partial charge is 0.226 e. The molecule has 2 saturated heterocycles. The third kappa shape index (κ3) is 4.93. The first kappa shape index (κ1) is 18.6. The number of hydrogen-bond donors (Lipinski definition) is 0. The van der Waals surface area contributed by atoms with Gasteiger partial charge < -0.3 is 9.64 Å². The molecule has 1 amide bonds. The van der Waals surface area contributed by atoms with Gasteiger partial charge >= 0.3 is 0 Å². The monoisotopic (exact) mass is 368 g/mol. The Balaban J connectivity index is 1.50. The molecule has 138 valence electrons. The van der Waals surface area contributed by atoms with Crippen LogP contribution in [0.4, 0.5) is 4.39 Å². The summed E-state index contributed by atoms with van der Waals surface area (Å²) in [6.07, 6.45) is 2.25. The lowest BCUT2D eigenvalue weighted by atomic mass is 9.89. The normalized spacial score (nSPS) is 21.3. The van der Waals surface area contributed by atoms with Crippen LogP contribution in [0.3, 0.4) is 0 Å². The standard InChI is InChI=1S/C19H26ClFN2O2/c1-14(22-6-8-25-9-7-22)16-2-4-23(5-3-16)19(24)12-15-10-17(20)13-18(21)11-15/h10-11,13-14,16H,2-9,12H2,1H3. The van der Waals surface area contributed by atoms with E-state index >= 15 is 0 Å². The molecule has 2 aliphatic rings. The van der Waals surface area contributed by atoms with Crippen molar-refractivity contribution < 1.29 is 13.9 Å². The van der Waals surface area contributed by atoms with E-state index in [-0.39, 0.29) is 12.3 Å². The number of carbonyl (C=O) groups excluding carboxylic acids is 1. The van der Waals surface area contributed by atoms with Crippen LogP contribution < -0.4 is 0 Å². The Morgan fingerprint density at radius 1 is 1.24 bits per heavy atom. The van der Waals surface area contributed by atoms with Crippen LogP contribution in [0.1, 0.15) is 25.3 Å². The zero-order valence-electron chi connectivity index (χ0n) is 14.7. The number of rotatable bonds is 4. The number of ether oxygens (including phenoxy) is 1. The van der Waals surface area contributed by atoms with Crippen molar-refractivity contribution in [1.82, 2.24) is 9.80 Å². The molecule has 2 aliphatic heterocycles. The fourth-order valence-corrected chi connectivity index (χ4v) is 4.16. The molecule has 25 heavy (non-hydrogen) atoms. The number of likely N-dealkylation sites (tertiary alicyclic amines) is 1. The van der Waals surface area contributed by atoms with E-state index in [1.807, 2.05) is 4.90 Å². The van der Waals surface area contributed by atoms with E-state index in [1.54, 1.807) is 6.07 Å². The van der Waals surface area contributed by atoms with Gasteiger partial charge in [-0.05, 0) is 49.4 Å². The van der Waals surface area contributed by atoms with Crippen LogP contribution >= 0.6 is 11.6 Å². The maximum atomic E-state index is 13.4. The summed E-state index contributed by atoms with van der Waals surface area (Å²) in [4.78, 5) is 16.9. The number of halogens is 2. The van der Waals surface area contributed by atoms with Gasteiger partial charge in [-0.25, -0.2) is 4.39 Å². The molecular weight excluding hydrogens is 343 g/mol. The highest BCUT2D eigenvalue weighted by Crippen LogP contribution is 2.25. The topological polar surface area (TPSA) is 32.8 Å². The van der Waals surface area contributed by atoms with Crippen LogP contribution in [0.2, 0.25) is 5.02 Å². The van der Waals surface area contributed by atoms with Gasteiger partial charge in [-0.3, -0.25) is 9.69 Å². The van der Waals surface area contributed by atoms with Gasteiger partial charge in [-0.2, -0.15) is 0 Å². The second-order valence-corrected chi connectivity index (χ2v) is 7.50. The van der Waals surface area contributed by atoms with E-state index < -0.39 is 5.82 Å². The van der Waals surface area contributed by atoms with Crippen LogP contribution in [-0.4, -0.2) is 61.1 Å². The molecule has 2 heterocycles. The van der Waals surface area contributed by atoms with E-state index in [0.29, 0.717) is 22.5 Å². The number of nitrogens with zero attached hydrogens (tertiary/aromatic N) is 2. The van der Waals surface area contributed by atoms with Gasteiger partial charge in [0, 0.05) is 37.2 Å². The predicted octanol–water partition coefficient (Wildman–Crippen LogP) is 2.98. The Kier molecular flexibility index (Phi) is 6.31. The largest absolute Gasteiger partial charge is 0.379 e. The minimum atomic E-state index is -0.395. The molecule has 1 aromatic carbocycles. The van der Waals surface area contributed by atoms with E-state index in [1.165, 1.54) is 12.1 Å². The van der Waals surface area contributed by atoms with Gasteiger partial charge in [0.15, 0.2) is 0 Å². The highest BCUT2D eigenvalue weighted by Gasteiger charge is 2.30. The third-order valence-corrected chi connectivity index (χ3v) is 5.69. The van der Waals surface area contributed by atoms with E-state index in [4.69, 9.17) is 16.3 Å². The van der Waals surface area contributed by atoms with Crippen molar-refractivity contribution in [1.29, 1.82) is 0 Å². The maximum absolute atomic E-state index is 13.4. The highest BCUT2D eigenvalue weighted by atomic mass is 35.5. The average Bonchev–Trinajstić information content (AvgIpc) is 2.61. The fourth-order valence-electron chi connectivity index (χ4n) is 3.91. The zero-order chi connectivity index (χ0) is 17.8. The Hall–Kier alpha value is -1.17. The molecule has 3 rings (SSSR count). The van der Waals surface area contributed by atoms with Crippen molar-refractivity contribution in [2.45, 2.75) is 32.2 Å². The lowest BCUT2D eigenvalue weighted by Gasteiger charge is -2.41. The average molecular weight is 369 g/mol. The first-order valence-corrected chi connectivity index (χ1v) is 9.45. The first-order valence-electron chi connectivity index (χ1n) is 9.07. The number of morpholine rings is 1. The molecule has 0 spiro atoms. The number of benzene rings is 1. The number of carbonyl (C=O) groups is 1. The van der Waals surface area contributed by atoms with Gasteiger partial charge in [-0.15, -0.1) is 0 Å². The molecule has 0 N–H and O–H groups in total. The Morgan fingerprint density at radius 3 is 2.56 bits per heavy atom. The quantitative estimate of drug-likeness (QED) is 0.819. The predicted molar refractivity (Wildman–Crippen MR) is 96.3 cm³/mol. The number of piperidine rings is 1. The van der Waals surface area contributed by atoms with Crippen LogP contribution in [0.5, 0.6) is 0 Å². The minimum Gasteiger partial charge on any atom is -0.379 e. The van der Waals surface area contributed by atoms with Gasteiger partial charge in [-0.1, -0.05) is 11.6 Å². The van der Waals surface area contributed by atoms with Gasteiger partial charge in [0.25, 0.3) is 0 Å². The molecule has 0 radical (unpaired) electrons. The lowest BCUT2D eigenvalue weighted by molar-refractivity contribution is -0.132. The second kappa shape index (κ2) is 8.47. The first-order chi connectivity index (χ1) is 12.0. The summed E-state index contributed by atoms with van der Waals surface area (Å²) >= 11 is 5.87. The van der Waals surface area contributed by atoms with Crippen LogP contribution in [-0.2, 0) is 16.0 Å². The SMILES string of the molecule is CC(C1CCN(C(=O)Cc2cc(F)cc(Cl)c2)CC1)N1CCOCC1. The Morgan fingerprint density at radius 2 is 1.92 bits per heavy atom. The summed E-state index contributed by atoms with van der Waals surface area (Å²) in [5.41, 5.74) is 0.638. The minimum absolute atomic E-state index is 0.0548. The van der Waals surface area contributed by atoms with Crippen molar-refractivity contribution in [2.24, 2.45) is 5.92 Å². The molecule has 1 unspecified atom stereocenters. The Labute approximate surface area is 153 Å². The van der Waals surface area contributed by atoms with Crippen LogP contribution in [0.25, 0.3) is 0 Å². The molecule has 6 heteroatoms. The summed E-state index contributed by atoms with van der Waals surface area (Å²) in [7, 11) is 0. The van der Waals surface area contributed by atoms with E-state index in [2.05, 4.69) is 11.8 Å². The van der Waals surface area contributed by atoms with Gasteiger partial charge in [0.2, 0.25) is 5.91 Å². The van der Waals surface area contributed by atoms with Gasteiger partial charge in [0.1, 0.15) is 5.82 Å². The van der Waals surface area contributed by atoms with Gasteiger partial charge in [0.05, 0.1) is 19.6 Å². The summed E-state index contributed by atoms with van der Waals surface area (Å²) in [6.45, 7) is 7.49. The van der Waals surface area contributed by atoms with Crippen molar-refractivity contribution in [3.63, 3.8) is 0 Å². The molecule has 0 bridgehead atoms. The second-order valence-electron chi connectivity index (χ2n) is 7.06. The summed E-state index contributed by atoms with van der Waals surface area (Å²) in [5.74, 6) is 0.276. The van der Waals surface area contributed by atoms with Crippen molar-refractivity contribution in [3.8, 4) is 0 Å². The molecule has 0 aromatic heterocycles. The Bertz CT molecular complexity index is 579. The zero-order valence-corrected chi connectivity index (χ0v) is 15.5. The van der Waals surface area contributed by atoms with E-state index in [0.717, 1.165) is 52.2 Å².